The van der Waals surface area contributed by atoms with Gasteiger partial charge < -0.3 is 20.1 Å². The van der Waals surface area contributed by atoms with E-state index in [9.17, 15) is 4.79 Å². The first-order valence-corrected chi connectivity index (χ1v) is 3.25. The van der Waals surface area contributed by atoms with Crippen LogP contribution in [0.15, 0.2) is 0 Å². The molecule has 4 nitrogen and oxygen atoms in total. The highest BCUT2D eigenvalue weighted by Crippen LogP contribution is 2.03. The molecule has 3 N–H and O–H groups in total. The molecule has 0 amide bonds. The smallest absolute Gasteiger partial charge is 0.135 e. The second-order valence-corrected chi connectivity index (χ2v) is 2.46. The van der Waals surface area contributed by atoms with Gasteiger partial charge in [-0.15, -0.1) is 0 Å². The quantitative estimate of drug-likeness (QED) is 0.293. The van der Waals surface area contributed by atoms with E-state index in [0.29, 0.717) is 6.29 Å². The van der Waals surface area contributed by atoms with Crippen molar-refractivity contribution in [1.29, 1.82) is 0 Å². The van der Waals surface area contributed by atoms with Crippen LogP contribution in [0, 0.1) is 0 Å². The number of thiol groups is 1. The highest BCUT2D eigenvalue weighted by Gasteiger charge is 2.21. The zero-order chi connectivity index (χ0) is 8.15. The van der Waals surface area contributed by atoms with E-state index in [1.165, 1.54) is 0 Å². The number of aliphatic hydroxyl groups is 3. The lowest BCUT2D eigenvalue weighted by Gasteiger charge is -2.16. The van der Waals surface area contributed by atoms with Crippen LogP contribution in [0.4, 0.5) is 0 Å². The minimum absolute atomic E-state index is 0.395. The summed E-state index contributed by atoms with van der Waals surface area (Å²) in [6.07, 6.45) is -2.20. The predicted octanol–water partition coefficient (Wildman–Crippen LogP) is -1.80. The molecule has 0 radical (unpaired) electrons. The molecule has 0 saturated heterocycles. The number of hydrogen-bond acceptors (Lipinski definition) is 5. The number of hydrogen-bond donors (Lipinski definition) is 4. The Balaban J connectivity index is 3.80. The van der Waals surface area contributed by atoms with Gasteiger partial charge in [-0.3, -0.25) is 0 Å². The summed E-state index contributed by atoms with van der Waals surface area (Å²) in [5, 5.41) is 24.9. The molecule has 0 aliphatic rings. The van der Waals surface area contributed by atoms with Gasteiger partial charge in [-0.1, -0.05) is 0 Å². The summed E-state index contributed by atoms with van der Waals surface area (Å²) in [5.41, 5.74) is 0. The van der Waals surface area contributed by atoms with Gasteiger partial charge in [0.15, 0.2) is 0 Å². The van der Waals surface area contributed by atoms with E-state index in [1.807, 2.05) is 0 Å². The van der Waals surface area contributed by atoms with Crippen molar-refractivity contribution in [1.82, 2.24) is 0 Å². The summed E-state index contributed by atoms with van der Waals surface area (Å²) in [7, 11) is 0. The summed E-state index contributed by atoms with van der Waals surface area (Å²) < 4.78 is 0. The van der Waals surface area contributed by atoms with E-state index >= 15 is 0 Å². The number of aldehydes is 1. The highest BCUT2D eigenvalue weighted by molar-refractivity contribution is 7.81. The first kappa shape index (κ1) is 9.90. The zero-order valence-corrected chi connectivity index (χ0v) is 6.11. The number of carbonyl (C=O) groups is 1. The molecule has 3 atom stereocenters. The van der Waals surface area contributed by atoms with Crippen LogP contribution in [0.3, 0.4) is 0 Å². The Labute approximate surface area is 63.9 Å². The normalized spacial score (nSPS) is 19.6. The average Bonchev–Trinajstić information content (AvgIpc) is 2.00. The molecule has 10 heavy (non-hydrogen) atoms. The van der Waals surface area contributed by atoms with Gasteiger partial charge in [-0.05, 0) is 0 Å². The van der Waals surface area contributed by atoms with Crippen molar-refractivity contribution in [3.63, 3.8) is 0 Å². The van der Waals surface area contributed by atoms with Crippen molar-refractivity contribution >= 4 is 18.9 Å². The first-order chi connectivity index (χ1) is 4.63. The fourth-order valence-electron chi connectivity index (χ4n) is 0.416. The molecular weight excluding hydrogens is 156 g/mol. The van der Waals surface area contributed by atoms with Crippen LogP contribution in [0.5, 0.6) is 0 Å². The van der Waals surface area contributed by atoms with Gasteiger partial charge in [0.05, 0.1) is 11.9 Å². The van der Waals surface area contributed by atoms with Gasteiger partial charge in [-0.2, -0.15) is 12.6 Å². The zero-order valence-electron chi connectivity index (χ0n) is 5.21. The molecule has 0 aromatic rings. The second-order valence-electron chi connectivity index (χ2n) is 1.87. The van der Waals surface area contributed by atoms with Gasteiger partial charge in [-0.25, -0.2) is 0 Å². The third kappa shape index (κ3) is 2.66. The molecule has 0 bridgehead atoms. The van der Waals surface area contributed by atoms with E-state index in [-0.39, 0.29) is 0 Å². The molecule has 0 aromatic heterocycles. The van der Waals surface area contributed by atoms with Gasteiger partial charge in [0.2, 0.25) is 0 Å². The van der Waals surface area contributed by atoms with Crippen LogP contribution in [0.1, 0.15) is 0 Å². The third-order valence-electron chi connectivity index (χ3n) is 1.07. The molecule has 0 spiro atoms. The van der Waals surface area contributed by atoms with Gasteiger partial charge >= 0.3 is 0 Å². The lowest BCUT2D eigenvalue weighted by Crippen LogP contribution is -2.37. The predicted molar refractivity (Wildman–Crippen MR) is 37.9 cm³/mol. The molecule has 0 heterocycles. The number of rotatable bonds is 4. The fraction of sp³-hybridized carbons (Fsp3) is 0.800. The lowest BCUT2D eigenvalue weighted by molar-refractivity contribution is -0.111. The first-order valence-electron chi connectivity index (χ1n) is 2.73. The fourth-order valence-corrected chi connectivity index (χ4v) is 0.615. The third-order valence-corrected chi connectivity index (χ3v) is 1.50. The van der Waals surface area contributed by atoms with Crippen LogP contribution in [0.2, 0.25) is 0 Å². The summed E-state index contributed by atoms with van der Waals surface area (Å²) in [6.45, 7) is -0.577. The summed E-state index contributed by atoms with van der Waals surface area (Å²) in [4.78, 5) is 9.94. The lowest BCUT2D eigenvalue weighted by atomic mass is 10.1. The van der Waals surface area contributed by atoms with Crippen LogP contribution in [-0.4, -0.2) is 45.7 Å². The molecule has 60 valence electrons. The van der Waals surface area contributed by atoms with Crippen molar-refractivity contribution in [2.24, 2.45) is 0 Å². The van der Waals surface area contributed by atoms with E-state index in [1.54, 1.807) is 0 Å². The van der Waals surface area contributed by atoms with Crippen molar-refractivity contribution < 1.29 is 20.1 Å². The van der Waals surface area contributed by atoms with E-state index in [0.717, 1.165) is 0 Å². The summed E-state index contributed by atoms with van der Waals surface area (Å²) in [5.74, 6) is 0. The molecular formula is C5H10O4S. The monoisotopic (exact) mass is 166 g/mol. The minimum atomic E-state index is -1.30. The number of aliphatic hydroxyl groups excluding tert-OH is 3. The molecule has 0 fully saturated rings. The molecule has 3 unspecified atom stereocenters. The van der Waals surface area contributed by atoms with Crippen LogP contribution < -0.4 is 0 Å². The van der Waals surface area contributed by atoms with Crippen molar-refractivity contribution in [2.45, 2.75) is 17.5 Å². The molecule has 5 heteroatoms. The Kier molecular flexibility index (Phi) is 4.63. The maximum absolute atomic E-state index is 9.94. The Morgan fingerprint density at radius 1 is 1.50 bits per heavy atom. The SMILES string of the molecule is O=CC(S)C(O)C(O)CO. The van der Waals surface area contributed by atoms with Crippen LogP contribution >= 0.6 is 12.6 Å². The second kappa shape index (κ2) is 4.68. The molecule has 0 aliphatic carbocycles. The molecule has 0 aromatic carbocycles. The van der Waals surface area contributed by atoms with Gasteiger partial charge in [0, 0.05) is 0 Å². The minimum Gasteiger partial charge on any atom is -0.394 e. The topological polar surface area (TPSA) is 77.8 Å². The van der Waals surface area contributed by atoms with E-state index < -0.39 is 24.1 Å². The van der Waals surface area contributed by atoms with E-state index in [4.69, 9.17) is 15.3 Å². The standard InChI is InChI=1S/C5H10O4S/c6-1-3(8)5(9)4(10)2-7/h2-6,8-10H,1H2. The maximum Gasteiger partial charge on any atom is 0.135 e. The van der Waals surface area contributed by atoms with Crippen molar-refractivity contribution in [2.75, 3.05) is 6.61 Å². The maximum atomic E-state index is 9.94. The Hall–Kier alpha value is -0.100. The van der Waals surface area contributed by atoms with Crippen LogP contribution in [-0.2, 0) is 4.79 Å². The van der Waals surface area contributed by atoms with Crippen LogP contribution in [0.25, 0.3) is 0 Å². The highest BCUT2D eigenvalue weighted by atomic mass is 32.1. The largest absolute Gasteiger partial charge is 0.394 e. The molecule has 0 rings (SSSR count). The summed E-state index contributed by atoms with van der Waals surface area (Å²) in [6, 6.07) is 0. The summed E-state index contributed by atoms with van der Waals surface area (Å²) >= 11 is 3.63. The Morgan fingerprint density at radius 2 is 2.00 bits per heavy atom. The van der Waals surface area contributed by atoms with Crippen molar-refractivity contribution in [3.8, 4) is 0 Å². The molecule has 0 aliphatic heterocycles. The Morgan fingerprint density at radius 3 is 2.30 bits per heavy atom. The van der Waals surface area contributed by atoms with Gasteiger partial charge in [0.25, 0.3) is 0 Å². The molecule has 0 saturated carbocycles. The Bertz CT molecular complexity index is 108. The number of carbonyl (C=O) groups excluding carboxylic acids is 1. The van der Waals surface area contributed by atoms with Gasteiger partial charge in [0.1, 0.15) is 18.5 Å². The van der Waals surface area contributed by atoms with Crippen molar-refractivity contribution in [3.05, 3.63) is 0 Å². The van der Waals surface area contributed by atoms with E-state index in [2.05, 4.69) is 12.6 Å². The average molecular weight is 166 g/mol.